The second kappa shape index (κ2) is 6.93. The zero-order valence-electron chi connectivity index (χ0n) is 9.25. The van der Waals surface area contributed by atoms with Crippen molar-refractivity contribution in [3.05, 3.63) is 35.4 Å². The van der Waals surface area contributed by atoms with Crippen molar-refractivity contribution in [3.8, 4) is 0 Å². The summed E-state index contributed by atoms with van der Waals surface area (Å²) in [5.41, 5.74) is 0.300. The average Bonchev–Trinajstić information content (AvgIpc) is 2.26. The number of hydrogen-bond donors (Lipinski definition) is 0. The van der Waals surface area contributed by atoms with E-state index >= 15 is 0 Å². The molecule has 0 aliphatic rings. The SMILES string of the molecule is CCCCC=NOCc1ccc(F)cc1F. The van der Waals surface area contributed by atoms with E-state index in [0.717, 1.165) is 25.3 Å². The molecule has 1 rings (SSSR count). The van der Waals surface area contributed by atoms with Crippen molar-refractivity contribution in [2.75, 3.05) is 0 Å². The van der Waals surface area contributed by atoms with Crippen LogP contribution in [0.2, 0.25) is 0 Å². The van der Waals surface area contributed by atoms with E-state index < -0.39 is 11.6 Å². The molecule has 0 fully saturated rings. The molecule has 88 valence electrons. The fraction of sp³-hybridized carbons (Fsp3) is 0.417. The van der Waals surface area contributed by atoms with Crippen LogP contribution < -0.4 is 0 Å². The molecule has 4 heteroatoms. The summed E-state index contributed by atoms with van der Waals surface area (Å²) in [6.07, 6.45) is 4.66. The summed E-state index contributed by atoms with van der Waals surface area (Å²) in [4.78, 5) is 4.89. The van der Waals surface area contributed by atoms with Crippen molar-refractivity contribution in [1.82, 2.24) is 0 Å². The Kier molecular flexibility index (Phi) is 5.46. The smallest absolute Gasteiger partial charge is 0.145 e. The largest absolute Gasteiger partial charge is 0.391 e. The maximum absolute atomic E-state index is 13.1. The number of rotatable bonds is 6. The highest BCUT2D eigenvalue weighted by molar-refractivity contribution is 5.56. The van der Waals surface area contributed by atoms with E-state index in [1.807, 2.05) is 0 Å². The topological polar surface area (TPSA) is 21.6 Å². The second-order valence-electron chi connectivity index (χ2n) is 3.44. The molecule has 0 saturated carbocycles. The van der Waals surface area contributed by atoms with Crippen LogP contribution >= 0.6 is 0 Å². The molecule has 1 aromatic carbocycles. The van der Waals surface area contributed by atoms with Crippen molar-refractivity contribution in [2.24, 2.45) is 5.16 Å². The molecule has 0 unspecified atom stereocenters. The molecule has 0 aliphatic heterocycles. The molecule has 2 nitrogen and oxygen atoms in total. The molecule has 1 aromatic rings. The van der Waals surface area contributed by atoms with Gasteiger partial charge in [-0.05, 0) is 25.0 Å². The molecular formula is C12H15F2NO. The minimum atomic E-state index is -0.608. The Morgan fingerprint density at radius 2 is 2.19 bits per heavy atom. The quantitative estimate of drug-likeness (QED) is 0.413. The van der Waals surface area contributed by atoms with Gasteiger partial charge in [0.2, 0.25) is 0 Å². The molecule has 0 saturated heterocycles. The van der Waals surface area contributed by atoms with Gasteiger partial charge < -0.3 is 4.84 Å². The van der Waals surface area contributed by atoms with E-state index in [4.69, 9.17) is 4.84 Å². The third kappa shape index (κ3) is 4.38. The Labute approximate surface area is 93.9 Å². The van der Waals surface area contributed by atoms with Gasteiger partial charge in [0.05, 0.1) is 0 Å². The van der Waals surface area contributed by atoms with Gasteiger partial charge in [-0.25, -0.2) is 8.78 Å². The van der Waals surface area contributed by atoms with E-state index in [1.165, 1.54) is 12.1 Å². The number of oxime groups is 1. The molecule has 0 N–H and O–H groups in total. The number of halogens is 2. The molecule has 0 atom stereocenters. The lowest BCUT2D eigenvalue weighted by Crippen LogP contribution is -1.93. The van der Waals surface area contributed by atoms with Gasteiger partial charge >= 0.3 is 0 Å². The van der Waals surface area contributed by atoms with Crippen LogP contribution in [0.3, 0.4) is 0 Å². The lowest BCUT2D eigenvalue weighted by atomic mass is 10.2. The van der Waals surface area contributed by atoms with Crippen LogP contribution in [0.4, 0.5) is 8.78 Å². The van der Waals surface area contributed by atoms with Gasteiger partial charge in [0, 0.05) is 17.8 Å². The summed E-state index contributed by atoms with van der Waals surface area (Å²) in [6, 6.07) is 3.38. The highest BCUT2D eigenvalue weighted by atomic mass is 19.1. The van der Waals surface area contributed by atoms with Gasteiger partial charge in [0.15, 0.2) is 0 Å². The van der Waals surface area contributed by atoms with E-state index in [2.05, 4.69) is 12.1 Å². The first kappa shape index (κ1) is 12.6. The summed E-state index contributed by atoms with van der Waals surface area (Å²) in [5, 5.41) is 3.68. The highest BCUT2D eigenvalue weighted by Gasteiger charge is 2.03. The zero-order chi connectivity index (χ0) is 11.8. The van der Waals surface area contributed by atoms with E-state index in [0.29, 0.717) is 5.56 Å². The van der Waals surface area contributed by atoms with Gasteiger partial charge in [0.1, 0.15) is 18.2 Å². The standard InChI is InChI=1S/C12H15F2NO/c1-2-3-4-7-15-16-9-10-5-6-11(13)8-12(10)14/h5-8H,2-4,9H2,1H3. The highest BCUT2D eigenvalue weighted by Crippen LogP contribution is 2.10. The monoisotopic (exact) mass is 227 g/mol. The average molecular weight is 227 g/mol. The minimum absolute atomic E-state index is 0.0226. The van der Waals surface area contributed by atoms with Crippen LogP contribution in [0.15, 0.2) is 23.4 Å². The predicted molar refractivity (Wildman–Crippen MR) is 59.2 cm³/mol. The maximum Gasteiger partial charge on any atom is 0.145 e. The lowest BCUT2D eigenvalue weighted by Gasteiger charge is -2.01. The molecule has 0 radical (unpaired) electrons. The van der Waals surface area contributed by atoms with Gasteiger partial charge in [-0.15, -0.1) is 0 Å². The van der Waals surface area contributed by atoms with Crippen molar-refractivity contribution in [2.45, 2.75) is 32.8 Å². The summed E-state index contributed by atoms with van der Waals surface area (Å²) in [7, 11) is 0. The van der Waals surface area contributed by atoms with Gasteiger partial charge in [-0.1, -0.05) is 18.5 Å². The number of nitrogens with zero attached hydrogens (tertiary/aromatic N) is 1. The Hall–Kier alpha value is -1.45. The third-order valence-electron chi connectivity index (χ3n) is 2.07. The normalized spacial score (nSPS) is 10.9. The maximum atomic E-state index is 13.1. The van der Waals surface area contributed by atoms with E-state index in [-0.39, 0.29) is 6.61 Å². The first-order valence-corrected chi connectivity index (χ1v) is 5.31. The van der Waals surface area contributed by atoms with Crippen LogP contribution in [-0.2, 0) is 11.4 Å². The number of benzene rings is 1. The predicted octanol–water partition coefficient (Wildman–Crippen LogP) is 3.66. The molecule has 0 heterocycles. The molecule has 0 aliphatic carbocycles. The van der Waals surface area contributed by atoms with Crippen LogP contribution in [0, 0.1) is 11.6 Å². The Balaban J connectivity index is 2.34. The third-order valence-corrected chi connectivity index (χ3v) is 2.07. The first-order valence-electron chi connectivity index (χ1n) is 5.31. The Bertz CT molecular complexity index is 353. The summed E-state index contributed by atoms with van der Waals surface area (Å²) >= 11 is 0. The second-order valence-corrected chi connectivity index (χ2v) is 3.44. The Morgan fingerprint density at radius 3 is 2.88 bits per heavy atom. The number of hydrogen-bond acceptors (Lipinski definition) is 2. The molecular weight excluding hydrogens is 212 g/mol. The van der Waals surface area contributed by atoms with Gasteiger partial charge in [-0.2, -0.15) is 0 Å². The summed E-state index contributed by atoms with van der Waals surface area (Å²) in [5.74, 6) is -1.20. The van der Waals surface area contributed by atoms with Crippen molar-refractivity contribution >= 4 is 6.21 Å². The molecule has 0 bridgehead atoms. The van der Waals surface area contributed by atoms with E-state index in [1.54, 1.807) is 6.21 Å². The van der Waals surface area contributed by atoms with Crippen LogP contribution in [-0.4, -0.2) is 6.21 Å². The van der Waals surface area contributed by atoms with Gasteiger partial charge in [0.25, 0.3) is 0 Å². The summed E-state index contributed by atoms with van der Waals surface area (Å²) in [6.45, 7) is 2.11. The van der Waals surface area contributed by atoms with Crippen LogP contribution in [0.5, 0.6) is 0 Å². The first-order chi connectivity index (χ1) is 7.74. The van der Waals surface area contributed by atoms with Crippen LogP contribution in [0.25, 0.3) is 0 Å². The molecule has 16 heavy (non-hydrogen) atoms. The van der Waals surface area contributed by atoms with Crippen molar-refractivity contribution in [3.63, 3.8) is 0 Å². The van der Waals surface area contributed by atoms with Crippen molar-refractivity contribution in [1.29, 1.82) is 0 Å². The summed E-state index contributed by atoms with van der Waals surface area (Å²) < 4.78 is 25.7. The molecule has 0 aromatic heterocycles. The molecule has 0 amide bonds. The fourth-order valence-corrected chi connectivity index (χ4v) is 1.15. The molecule has 0 spiro atoms. The minimum Gasteiger partial charge on any atom is -0.391 e. The lowest BCUT2D eigenvalue weighted by molar-refractivity contribution is 0.128. The van der Waals surface area contributed by atoms with Crippen molar-refractivity contribution < 1.29 is 13.6 Å². The zero-order valence-corrected chi connectivity index (χ0v) is 9.25. The van der Waals surface area contributed by atoms with Gasteiger partial charge in [-0.3, -0.25) is 0 Å². The Morgan fingerprint density at radius 1 is 1.38 bits per heavy atom. The number of unbranched alkanes of at least 4 members (excludes halogenated alkanes) is 2. The fourth-order valence-electron chi connectivity index (χ4n) is 1.15. The van der Waals surface area contributed by atoms with Crippen LogP contribution in [0.1, 0.15) is 31.7 Å². The van der Waals surface area contributed by atoms with E-state index in [9.17, 15) is 8.78 Å².